The minimum absolute atomic E-state index is 0.132. The number of fused-ring (bicyclic) bond motifs is 3. The van der Waals surface area contributed by atoms with Crippen molar-refractivity contribution in [3.8, 4) is 11.5 Å². The second kappa shape index (κ2) is 4.82. The molecule has 0 atom stereocenters. The van der Waals surface area contributed by atoms with Crippen LogP contribution in [0.25, 0.3) is 10.8 Å². The summed E-state index contributed by atoms with van der Waals surface area (Å²) in [6.07, 6.45) is 0. The lowest BCUT2D eigenvalue weighted by molar-refractivity contribution is 0.0974. The highest BCUT2D eigenvalue weighted by molar-refractivity contribution is 6.35. The minimum atomic E-state index is -0.528. The molecule has 0 saturated heterocycles. The molecule has 0 fully saturated rings. The highest BCUT2D eigenvalue weighted by Gasteiger charge is 2.36. The van der Waals surface area contributed by atoms with Crippen LogP contribution in [0.4, 0.5) is 0 Å². The maximum absolute atomic E-state index is 12.9. The molecule has 0 amide bonds. The normalized spacial score (nSPS) is 13.1. The molecule has 0 saturated carbocycles. The average molecular weight is 339 g/mol. The Labute approximate surface area is 141 Å². The van der Waals surface area contributed by atoms with Crippen LogP contribution in [0.5, 0.6) is 11.5 Å². The summed E-state index contributed by atoms with van der Waals surface area (Å²) < 4.78 is 0. The Hall–Kier alpha value is -2.85. The van der Waals surface area contributed by atoms with Gasteiger partial charge in [0.05, 0.1) is 11.1 Å². The fraction of sp³-hybridized carbons (Fsp3) is 0.0526. The van der Waals surface area contributed by atoms with Crippen LogP contribution < -0.4 is 0 Å². The molecule has 3 aromatic carbocycles. The molecule has 5 heteroatoms. The first-order chi connectivity index (χ1) is 11.4. The molecule has 1 aliphatic rings. The number of aromatic hydroxyl groups is 2. The van der Waals surface area contributed by atoms with Crippen molar-refractivity contribution in [3.05, 3.63) is 69.2 Å². The van der Waals surface area contributed by atoms with Crippen LogP contribution in [-0.2, 0) is 0 Å². The Balaban J connectivity index is 2.16. The van der Waals surface area contributed by atoms with Gasteiger partial charge in [0.1, 0.15) is 11.5 Å². The maximum atomic E-state index is 12.9. The number of hydrogen-bond donors (Lipinski definition) is 2. The standard InChI is InChI=1S/C19H11ClO4/c1-8-6-11-12(7-13(8)20)19(24)15-14(18(11)23)16(21)9-4-2-3-5-10(9)17(15)22/h2-7,21-22H,1H3. The van der Waals surface area contributed by atoms with E-state index in [9.17, 15) is 19.8 Å². The second-order valence-corrected chi connectivity index (χ2v) is 6.21. The molecule has 118 valence electrons. The second-order valence-electron chi connectivity index (χ2n) is 5.80. The van der Waals surface area contributed by atoms with Crippen molar-refractivity contribution in [2.24, 2.45) is 0 Å². The number of carbonyl (C=O) groups excluding carboxylic acids is 2. The zero-order chi connectivity index (χ0) is 17.2. The SMILES string of the molecule is Cc1cc2c(cc1Cl)C(=O)c1c(c(O)c3ccccc3c1O)C2=O. The van der Waals surface area contributed by atoms with Gasteiger partial charge in [0.2, 0.25) is 0 Å². The van der Waals surface area contributed by atoms with E-state index in [0.29, 0.717) is 21.4 Å². The van der Waals surface area contributed by atoms with Crippen molar-refractivity contribution >= 4 is 33.9 Å². The third-order valence-electron chi connectivity index (χ3n) is 4.40. The van der Waals surface area contributed by atoms with Gasteiger partial charge in [0.15, 0.2) is 11.6 Å². The fourth-order valence-corrected chi connectivity index (χ4v) is 3.33. The number of benzene rings is 3. The quantitative estimate of drug-likeness (QED) is 0.475. The van der Waals surface area contributed by atoms with Crippen LogP contribution >= 0.6 is 11.6 Å². The summed E-state index contributed by atoms with van der Waals surface area (Å²) in [7, 11) is 0. The maximum Gasteiger partial charge on any atom is 0.198 e. The molecule has 0 aliphatic heterocycles. The molecular weight excluding hydrogens is 328 g/mol. The topological polar surface area (TPSA) is 74.6 Å². The summed E-state index contributed by atoms with van der Waals surface area (Å²) in [6.45, 7) is 1.73. The van der Waals surface area contributed by atoms with Gasteiger partial charge in [-0.3, -0.25) is 9.59 Å². The molecule has 24 heavy (non-hydrogen) atoms. The van der Waals surface area contributed by atoms with Crippen molar-refractivity contribution in [1.29, 1.82) is 0 Å². The molecule has 4 nitrogen and oxygen atoms in total. The van der Waals surface area contributed by atoms with Crippen LogP contribution in [0, 0.1) is 6.92 Å². The third-order valence-corrected chi connectivity index (χ3v) is 4.81. The van der Waals surface area contributed by atoms with Gasteiger partial charge >= 0.3 is 0 Å². The Bertz CT molecular complexity index is 997. The average Bonchev–Trinajstić information content (AvgIpc) is 2.57. The van der Waals surface area contributed by atoms with E-state index in [-0.39, 0.29) is 33.8 Å². The highest BCUT2D eigenvalue weighted by Crippen LogP contribution is 2.44. The zero-order valence-corrected chi connectivity index (χ0v) is 13.3. The van der Waals surface area contributed by atoms with Crippen molar-refractivity contribution in [1.82, 2.24) is 0 Å². The van der Waals surface area contributed by atoms with E-state index in [1.165, 1.54) is 12.1 Å². The minimum Gasteiger partial charge on any atom is -0.506 e. The molecule has 3 aromatic rings. The Morgan fingerprint density at radius 2 is 1.29 bits per heavy atom. The van der Waals surface area contributed by atoms with E-state index in [1.807, 2.05) is 0 Å². The van der Waals surface area contributed by atoms with Crippen LogP contribution in [0.15, 0.2) is 36.4 Å². The Morgan fingerprint density at radius 1 is 0.833 bits per heavy atom. The molecule has 0 spiro atoms. The van der Waals surface area contributed by atoms with E-state index in [1.54, 1.807) is 31.2 Å². The lowest BCUT2D eigenvalue weighted by Gasteiger charge is -2.21. The fourth-order valence-electron chi connectivity index (χ4n) is 3.17. The van der Waals surface area contributed by atoms with Gasteiger partial charge in [-0.15, -0.1) is 0 Å². The number of halogens is 1. The molecular formula is C19H11ClO4. The summed E-state index contributed by atoms with van der Waals surface area (Å²) in [4.78, 5) is 25.7. The number of hydrogen-bond acceptors (Lipinski definition) is 4. The van der Waals surface area contributed by atoms with Crippen LogP contribution in [-0.4, -0.2) is 21.8 Å². The van der Waals surface area contributed by atoms with Crippen LogP contribution in [0.3, 0.4) is 0 Å². The number of ketones is 2. The van der Waals surface area contributed by atoms with Crippen molar-refractivity contribution < 1.29 is 19.8 Å². The monoisotopic (exact) mass is 338 g/mol. The first-order valence-corrected chi connectivity index (χ1v) is 7.65. The number of phenolic OH excluding ortho intramolecular Hbond substituents is 2. The predicted octanol–water partition coefficient (Wildman–Crippen LogP) is 3.99. The van der Waals surface area contributed by atoms with Crippen molar-refractivity contribution in [2.45, 2.75) is 6.92 Å². The summed E-state index contributed by atoms with van der Waals surface area (Å²) >= 11 is 6.08. The molecule has 0 aromatic heterocycles. The molecule has 1 aliphatic carbocycles. The summed E-state index contributed by atoms with van der Waals surface area (Å²) in [5.74, 6) is -1.63. The molecule has 0 radical (unpaired) electrons. The smallest absolute Gasteiger partial charge is 0.198 e. The van der Waals surface area contributed by atoms with Gasteiger partial charge in [0.25, 0.3) is 0 Å². The summed E-state index contributed by atoms with van der Waals surface area (Å²) in [5, 5.41) is 22.1. The van der Waals surface area contributed by atoms with Crippen LogP contribution in [0.1, 0.15) is 37.4 Å². The molecule has 4 rings (SSSR count). The Kier molecular flexibility index (Phi) is 2.96. The van der Waals surface area contributed by atoms with Crippen LogP contribution in [0.2, 0.25) is 5.02 Å². The summed E-state index contributed by atoms with van der Waals surface area (Å²) in [6, 6.07) is 9.50. The van der Waals surface area contributed by atoms with Gasteiger partial charge in [0, 0.05) is 26.9 Å². The van der Waals surface area contributed by atoms with E-state index in [0.717, 1.165) is 0 Å². The van der Waals surface area contributed by atoms with E-state index < -0.39 is 11.6 Å². The van der Waals surface area contributed by atoms with Crippen molar-refractivity contribution in [3.63, 3.8) is 0 Å². The zero-order valence-electron chi connectivity index (χ0n) is 12.6. The highest BCUT2D eigenvalue weighted by atomic mass is 35.5. The van der Waals surface area contributed by atoms with E-state index in [4.69, 9.17) is 11.6 Å². The lowest BCUT2D eigenvalue weighted by Crippen LogP contribution is -2.21. The molecule has 0 bridgehead atoms. The molecule has 0 heterocycles. The van der Waals surface area contributed by atoms with Gasteiger partial charge in [-0.1, -0.05) is 35.9 Å². The lowest BCUT2D eigenvalue weighted by atomic mass is 9.81. The predicted molar refractivity (Wildman–Crippen MR) is 90.3 cm³/mol. The van der Waals surface area contributed by atoms with Gasteiger partial charge in [-0.2, -0.15) is 0 Å². The van der Waals surface area contributed by atoms with E-state index >= 15 is 0 Å². The number of phenols is 2. The van der Waals surface area contributed by atoms with Crippen molar-refractivity contribution in [2.75, 3.05) is 0 Å². The number of rotatable bonds is 0. The number of aryl methyl sites for hydroxylation is 1. The molecule has 2 N–H and O–H groups in total. The first kappa shape index (κ1) is 14.7. The summed E-state index contributed by atoms with van der Waals surface area (Å²) in [5.41, 5.74) is 0.631. The van der Waals surface area contributed by atoms with E-state index in [2.05, 4.69) is 0 Å². The van der Waals surface area contributed by atoms with Gasteiger partial charge in [-0.05, 0) is 24.6 Å². The molecule has 0 unspecified atom stereocenters. The Morgan fingerprint density at radius 3 is 1.79 bits per heavy atom. The van der Waals surface area contributed by atoms with Gasteiger partial charge < -0.3 is 10.2 Å². The first-order valence-electron chi connectivity index (χ1n) is 7.28. The third kappa shape index (κ3) is 1.74. The van der Waals surface area contributed by atoms with Gasteiger partial charge in [-0.25, -0.2) is 0 Å². The number of carbonyl (C=O) groups is 2. The largest absolute Gasteiger partial charge is 0.506 e.